The van der Waals surface area contributed by atoms with Crippen LogP contribution in [0.5, 0.6) is 0 Å². The lowest BCUT2D eigenvalue weighted by molar-refractivity contribution is 0.687. The maximum Gasteiger partial charge on any atom is 0.128 e. The van der Waals surface area contributed by atoms with E-state index in [0.717, 1.165) is 11.3 Å². The number of benzene rings is 2. The van der Waals surface area contributed by atoms with Crippen LogP contribution in [0.15, 0.2) is 60.7 Å². The number of rotatable bonds is 3. The van der Waals surface area contributed by atoms with Crippen molar-refractivity contribution in [2.24, 2.45) is 0 Å². The minimum absolute atomic E-state index is 0.659. The van der Waals surface area contributed by atoms with E-state index in [0.29, 0.717) is 11.7 Å². The second-order valence-corrected chi connectivity index (χ2v) is 5.19. The molecule has 0 atom stereocenters. The molecule has 0 bridgehead atoms. The van der Waals surface area contributed by atoms with E-state index in [1.807, 2.05) is 53.2 Å². The Bertz CT molecular complexity index is 717. The number of nitrogens with zero attached hydrogens (tertiary/aromatic N) is 2. The summed E-state index contributed by atoms with van der Waals surface area (Å²) in [6.07, 6.45) is 0. The summed E-state index contributed by atoms with van der Waals surface area (Å²) in [6, 6.07) is 20.3. The Morgan fingerprint density at radius 1 is 1.00 bits per heavy atom. The average Bonchev–Trinajstić information content (AvgIpc) is 2.84. The van der Waals surface area contributed by atoms with Crippen LogP contribution in [0.3, 0.4) is 0 Å². The Kier molecular flexibility index (Phi) is 3.57. The van der Waals surface area contributed by atoms with Crippen LogP contribution in [-0.2, 0) is 6.54 Å². The van der Waals surface area contributed by atoms with Crippen LogP contribution in [0.1, 0.15) is 11.1 Å². The molecule has 2 aromatic carbocycles. The molecule has 0 aliphatic heterocycles. The minimum Gasteiger partial charge on any atom is -0.249 e. The number of aryl methyl sites for hydroxylation is 1. The van der Waals surface area contributed by atoms with Crippen molar-refractivity contribution in [1.82, 2.24) is 9.78 Å². The van der Waals surface area contributed by atoms with Crippen LogP contribution in [0, 0.1) is 6.92 Å². The molecule has 2 nitrogen and oxygen atoms in total. The number of aromatic nitrogens is 2. The zero-order chi connectivity index (χ0) is 13.9. The first-order valence-corrected chi connectivity index (χ1v) is 6.95. The molecule has 1 aromatic heterocycles. The van der Waals surface area contributed by atoms with Gasteiger partial charge in [0.15, 0.2) is 0 Å². The molecule has 0 unspecified atom stereocenters. The highest BCUT2D eigenvalue weighted by Crippen LogP contribution is 2.22. The highest BCUT2D eigenvalue weighted by atomic mass is 35.5. The summed E-state index contributed by atoms with van der Waals surface area (Å²) in [5.74, 6) is 0. The predicted octanol–water partition coefficient (Wildman–Crippen LogP) is 4.56. The summed E-state index contributed by atoms with van der Waals surface area (Å²) in [5.41, 5.74) is 4.47. The van der Waals surface area contributed by atoms with Crippen LogP contribution in [-0.4, -0.2) is 9.78 Å². The van der Waals surface area contributed by atoms with E-state index in [2.05, 4.69) is 24.2 Å². The summed E-state index contributed by atoms with van der Waals surface area (Å²) >= 11 is 6.30. The van der Waals surface area contributed by atoms with Gasteiger partial charge in [0.1, 0.15) is 5.15 Å². The molecule has 0 saturated carbocycles. The van der Waals surface area contributed by atoms with Crippen molar-refractivity contribution in [3.05, 3.63) is 76.9 Å². The first-order chi connectivity index (χ1) is 9.74. The van der Waals surface area contributed by atoms with E-state index in [9.17, 15) is 0 Å². The van der Waals surface area contributed by atoms with Crippen LogP contribution in [0.4, 0.5) is 0 Å². The Morgan fingerprint density at radius 2 is 1.70 bits per heavy atom. The monoisotopic (exact) mass is 282 g/mol. The van der Waals surface area contributed by atoms with Gasteiger partial charge in [-0.1, -0.05) is 66.2 Å². The molecule has 0 radical (unpaired) electrons. The summed E-state index contributed by atoms with van der Waals surface area (Å²) in [5, 5.41) is 5.26. The van der Waals surface area contributed by atoms with Gasteiger partial charge in [0.2, 0.25) is 0 Å². The summed E-state index contributed by atoms with van der Waals surface area (Å²) in [7, 11) is 0. The fraction of sp³-hybridized carbons (Fsp3) is 0.118. The van der Waals surface area contributed by atoms with Crippen molar-refractivity contribution in [3.8, 4) is 11.3 Å². The van der Waals surface area contributed by atoms with Crippen molar-refractivity contribution in [2.45, 2.75) is 13.5 Å². The van der Waals surface area contributed by atoms with Crippen molar-refractivity contribution in [2.75, 3.05) is 0 Å². The number of hydrogen-bond donors (Lipinski definition) is 0. The topological polar surface area (TPSA) is 17.8 Å². The lowest BCUT2D eigenvalue weighted by Crippen LogP contribution is -2.03. The molecule has 0 saturated heterocycles. The molecule has 3 rings (SSSR count). The van der Waals surface area contributed by atoms with E-state index in [1.165, 1.54) is 11.1 Å². The highest BCUT2D eigenvalue weighted by Gasteiger charge is 2.08. The third-order valence-corrected chi connectivity index (χ3v) is 3.69. The molecule has 0 aliphatic rings. The van der Waals surface area contributed by atoms with Gasteiger partial charge < -0.3 is 0 Å². The van der Waals surface area contributed by atoms with Crippen molar-refractivity contribution in [1.29, 1.82) is 0 Å². The van der Waals surface area contributed by atoms with Gasteiger partial charge in [-0.3, -0.25) is 0 Å². The molecule has 0 amide bonds. The third kappa shape index (κ3) is 2.61. The SMILES string of the molecule is Cc1ccccc1Cn1nc(-c2ccccc2)cc1Cl. The normalized spacial score (nSPS) is 10.7. The Morgan fingerprint density at radius 3 is 2.45 bits per heavy atom. The van der Waals surface area contributed by atoms with E-state index >= 15 is 0 Å². The van der Waals surface area contributed by atoms with E-state index in [1.54, 1.807) is 0 Å². The van der Waals surface area contributed by atoms with Gasteiger partial charge in [-0.25, -0.2) is 4.68 Å². The van der Waals surface area contributed by atoms with Gasteiger partial charge in [-0.15, -0.1) is 0 Å². The first-order valence-electron chi connectivity index (χ1n) is 6.57. The molecule has 3 heteroatoms. The summed E-state index contributed by atoms with van der Waals surface area (Å²) < 4.78 is 1.84. The molecule has 1 heterocycles. The fourth-order valence-corrected chi connectivity index (χ4v) is 2.40. The van der Waals surface area contributed by atoms with Gasteiger partial charge in [-0.2, -0.15) is 5.10 Å². The predicted molar refractivity (Wildman–Crippen MR) is 83.0 cm³/mol. The molecular weight excluding hydrogens is 268 g/mol. The average molecular weight is 283 g/mol. The zero-order valence-corrected chi connectivity index (χ0v) is 12.0. The van der Waals surface area contributed by atoms with Crippen LogP contribution in [0.25, 0.3) is 11.3 Å². The smallest absolute Gasteiger partial charge is 0.128 e. The molecule has 0 spiro atoms. The van der Waals surface area contributed by atoms with Gasteiger partial charge in [0.25, 0.3) is 0 Å². The maximum atomic E-state index is 6.30. The Hall–Kier alpha value is -2.06. The Labute approximate surface area is 123 Å². The second kappa shape index (κ2) is 5.51. The minimum atomic E-state index is 0.659. The lowest BCUT2D eigenvalue weighted by Gasteiger charge is -2.06. The molecule has 3 aromatic rings. The van der Waals surface area contributed by atoms with E-state index < -0.39 is 0 Å². The Balaban J connectivity index is 1.92. The maximum absolute atomic E-state index is 6.30. The van der Waals surface area contributed by atoms with Crippen molar-refractivity contribution >= 4 is 11.6 Å². The molecule has 100 valence electrons. The molecular formula is C17H15ClN2. The van der Waals surface area contributed by atoms with Gasteiger partial charge in [-0.05, 0) is 18.1 Å². The number of halogens is 1. The molecule has 0 fully saturated rings. The number of hydrogen-bond acceptors (Lipinski definition) is 1. The molecule has 20 heavy (non-hydrogen) atoms. The fourth-order valence-electron chi connectivity index (χ4n) is 2.20. The van der Waals surface area contributed by atoms with Crippen LogP contribution < -0.4 is 0 Å². The van der Waals surface area contributed by atoms with Crippen molar-refractivity contribution in [3.63, 3.8) is 0 Å². The van der Waals surface area contributed by atoms with Gasteiger partial charge in [0, 0.05) is 11.6 Å². The van der Waals surface area contributed by atoms with E-state index in [-0.39, 0.29) is 0 Å². The summed E-state index contributed by atoms with van der Waals surface area (Å²) in [6.45, 7) is 2.79. The lowest BCUT2D eigenvalue weighted by atomic mass is 10.1. The van der Waals surface area contributed by atoms with Crippen molar-refractivity contribution < 1.29 is 0 Å². The van der Waals surface area contributed by atoms with Crippen LogP contribution >= 0.6 is 11.6 Å². The quantitative estimate of drug-likeness (QED) is 0.688. The summed E-state index contributed by atoms with van der Waals surface area (Å²) in [4.78, 5) is 0. The molecule has 0 aliphatic carbocycles. The zero-order valence-electron chi connectivity index (χ0n) is 11.3. The highest BCUT2D eigenvalue weighted by molar-refractivity contribution is 6.29. The van der Waals surface area contributed by atoms with E-state index in [4.69, 9.17) is 11.6 Å². The van der Waals surface area contributed by atoms with Gasteiger partial charge >= 0.3 is 0 Å². The second-order valence-electron chi connectivity index (χ2n) is 4.80. The third-order valence-electron chi connectivity index (χ3n) is 3.38. The first kappa shape index (κ1) is 12.9. The largest absolute Gasteiger partial charge is 0.249 e. The molecule has 0 N–H and O–H groups in total. The standard InChI is InChI=1S/C17H15ClN2/c1-13-7-5-6-10-15(13)12-20-17(18)11-16(19-20)14-8-3-2-4-9-14/h2-11H,12H2,1H3. The van der Waals surface area contributed by atoms with Gasteiger partial charge in [0.05, 0.1) is 12.2 Å². The van der Waals surface area contributed by atoms with Crippen LogP contribution in [0.2, 0.25) is 5.15 Å².